The van der Waals surface area contributed by atoms with Crippen molar-refractivity contribution in [3.63, 3.8) is 0 Å². The van der Waals surface area contributed by atoms with Crippen LogP contribution in [0, 0.1) is 25.2 Å². The molecule has 23 heavy (non-hydrogen) atoms. The Morgan fingerprint density at radius 2 is 2.17 bits per heavy atom. The van der Waals surface area contributed by atoms with Gasteiger partial charge in [0.1, 0.15) is 11.1 Å². The Labute approximate surface area is 152 Å². The molecule has 0 radical (unpaired) electrons. The van der Waals surface area contributed by atoms with Crippen LogP contribution in [-0.2, 0) is 4.79 Å². The highest BCUT2D eigenvalue weighted by Crippen LogP contribution is 2.27. The molecule has 0 saturated heterocycles. The third-order valence-corrected chi connectivity index (χ3v) is 4.75. The van der Waals surface area contributed by atoms with Crippen molar-refractivity contribution in [3.8, 4) is 6.07 Å². The zero-order chi connectivity index (χ0) is 17.0. The molecule has 0 spiro atoms. The highest BCUT2D eigenvalue weighted by atomic mass is 79.9. The number of pyridine rings is 1. The number of hydrogen-bond acceptors (Lipinski definition) is 4. The molecule has 2 aromatic rings. The summed E-state index contributed by atoms with van der Waals surface area (Å²) in [5, 5.41) is 13.0. The topological polar surface area (TPSA) is 65.8 Å². The van der Waals surface area contributed by atoms with Crippen LogP contribution in [-0.4, -0.2) is 16.6 Å². The number of aryl methyl sites for hydroxylation is 2. The standard InChI is InChI=1S/C16H13BrClN3OS/c1-9-5-10(2)20-16(12(9)7-19)23-8-15(22)21-14-4-3-11(17)6-13(14)18/h3-6H,8H2,1-2H3,(H,21,22). The first-order chi connectivity index (χ1) is 10.9. The van der Waals surface area contributed by atoms with E-state index in [0.717, 1.165) is 15.7 Å². The maximum atomic E-state index is 12.1. The molecule has 0 fully saturated rings. The highest BCUT2D eigenvalue weighted by Gasteiger charge is 2.12. The lowest BCUT2D eigenvalue weighted by molar-refractivity contribution is -0.113. The third-order valence-electron chi connectivity index (χ3n) is 2.97. The van der Waals surface area contributed by atoms with Crippen molar-refractivity contribution < 1.29 is 4.79 Å². The van der Waals surface area contributed by atoms with Gasteiger partial charge in [-0.3, -0.25) is 4.79 Å². The average molecular weight is 411 g/mol. The Bertz CT molecular complexity index is 805. The molecule has 1 aromatic heterocycles. The summed E-state index contributed by atoms with van der Waals surface area (Å²) in [5.74, 6) is -0.0548. The van der Waals surface area contributed by atoms with Crippen molar-refractivity contribution in [2.75, 3.05) is 11.1 Å². The smallest absolute Gasteiger partial charge is 0.234 e. The van der Waals surface area contributed by atoms with Crippen LogP contribution in [0.25, 0.3) is 0 Å². The maximum absolute atomic E-state index is 12.1. The van der Waals surface area contributed by atoms with E-state index in [9.17, 15) is 10.1 Å². The van der Waals surface area contributed by atoms with Gasteiger partial charge in [0.2, 0.25) is 5.91 Å². The van der Waals surface area contributed by atoms with Crippen LogP contribution in [0.15, 0.2) is 33.8 Å². The van der Waals surface area contributed by atoms with Gasteiger partial charge in [-0.05, 0) is 43.7 Å². The Morgan fingerprint density at radius 1 is 1.43 bits per heavy atom. The number of nitriles is 1. The number of nitrogens with zero attached hydrogens (tertiary/aromatic N) is 2. The molecule has 7 heteroatoms. The minimum Gasteiger partial charge on any atom is -0.324 e. The molecule has 0 atom stereocenters. The molecule has 0 aliphatic heterocycles. The summed E-state index contributed by atoms with van der Waals surface area (Å²) >= 11 is 10.6. The van der Waals surface area contributed by atoms with E-state index in [1.165, 1.54) is 11.8 Å². The number of thioether (sulfide) groups is 1. The summed E-state index contributed by atoms with van der Waals surface area (Å²) in [5.41, 5.74) is 2.74. The first kappa shape index (κ1) is 17.8. The summed E-state index contributed by atoms with van der Waals surface area (Å²) < 4.78 is 0.841. The van der Waals surface area contributed by atoms with Crippen LogP contribution in [0.3, 0.4) is 0 Å². The molecular formula is C16H13BrClN3OS. The van der Waals surface area contributed by atoms with Crippen LogP contribution >= 0.6 is 39.3 Å². The van der Waals surface area contributed by atoms with Crippen molar-refractivity contribution in [1.82, 2.24) is 4.98 Å². The fourth-order valence-electron chi connectivity index (χ4n) is 1.95. The van der Waals surface area contributed by atoms with Crippen LogP contribution in [0.4, 0.5) is 5.69 Å². The molecule has 0 aliphatic rings. The molecule has 1 aromatic carbocycles. The molecule has 1 amide bonds. The fraction of sp³-hybridized carbons (Fsp3) is 0.188. The molecule has 0 aliphatic carbocycles. The van der Waals surface area contributed by atoms with Gasteiger partial charge in [-0.25, -0.2) is 4.98 Å². The van der Waals surface area contributed by atoms with Gasteiger partial charge in [-0.15, -0.1) is 0 Å². The maximum Gasteiger partial charge on any atom is 0.234 e. The van der Waals surface area contributed by atoms with Gasteiger partial charge in [0, 0.05) is 10.2 Å². The van der Waals surface area contributed by atoms with Crippen molar-refractivity contribution in [1.29, 1.82) is 5.26 Å². The molecule has 2 rings (SSSR count). The van der Waals surface area contributed by atoms with E-state index < -0.39 is 0 Å². The number of halogens is 2. The second kappa shape index (κ2) is 7.82. The van der Waals surface area contributed by atoms with E-state index in [-0.39, 0.29) is 11.7 Å². The lowest BCUT2D eigenvalue weighted by atomic mass is 10.1. The molecule has 0 unspecified atom stereocenters. The molecule has 118 valence electrons. The summed E-state index contributed by atoms with van der Waals surface area (Å²) in [4.78, 5) is 16.4. The molecule has 0 bridgehead atoms. The van der Waals surface area contributed by atoms with E-state index in [1.807, 2.05) is 19.9 Å². The minimum atomic E-state index is -0.205. The molecular weight excluding hydrogens is 398 g/mol. The number of benzene rings is 1. The normalized spacial score (nSPS) is 10.2. The number of amides is 1. The second-order valence-electron chi connectivity index (χ2n) is 4.83. The van der Waals surface area contributed by atoms with Crippen LogP contribution in [0.1, 0.15) is 16.8 Å². The van der Waals surface area contributed by atoms with Gasteiger partial charge in [0.05, 0.1) is 22.0 Å². The Kier molecular flexibility index (Phi) is 6.05. The number of hydrogen-bond donors (Lipinski definition) is 1. The second-order valence-corrected chi connectivity index (χ2v) is 7.12. The van der Waals surface area contributed by atoms with Gasteiger partial charge in [0.25, 0.3) is 0 Å². The first-order valence-corrected chi connectivity index (χ1v) is 8.82. The van der Waals surface area contributed by atoms with Gasteiger partial charge < -0.3 is 5.32 Å². The van der Waals surface area contributed by atoms with Gasteiger partial charge in [0.15, 0.2) is 0 Å². The number of carbonyl (C=O) groups excluding carboxylic acids is 1. The van der Waals surface area contributed by atoms with Crippen molar-refractivity contribution >= 4 is 50.9 Å². The van der Waals surface area contributed by atoms with Gasteiger partial charge in [-0.1, -0.05) is 39.3 Å². The molecule has 1 N–H and O–H groups in total. The number of aromatic nitrogens is 1. The van der Waals surface area contributed by atoms with Crippen LogP contribution < -0.4 is 5.32 Å². The van der Waals surface area contributed by atoms with E-state index in [0.29, 0.717) is 21.3 Å². The lowest BCUT2D eigenvalue weighted by Crippen LogP contribution is -2.14. The summed E-state index contributed by atoms with van der Waals surface area (Å²) in [6.45, 7) is 3.72. The highest BCUT2D eigenvalue weighted by molar-refractivity contribution is 9.10. The fourth-order valence-corrected chi connectivity index (χ4v) is 3.57. The number of rotatable bonds is 4. The summed E-state index contributed by atoms with van der Waals surface area (Å²) in [7, 11) is 0. The van der Waals surface area contributed by atoms with Crippen molar-refractivity contribution in [2.24, 2.45) is 0 Å². The minimum absolute atomic E-state index is 0.150. The zero-order valence-electron chi connectivity index (χ0n) is 12.5. The predicted molar refractivity (Wildman–Crippen MR) is 96.9 cm³/mol. The largest absolute Gasteiger partial charge is 0.324 e. The quantitative estimate of drug-likeness (QED) is 0.741. The van der Waals surface area contributed by atoms with Gasteiger partial charge in [-0.2, -0.15) is 5.26 Å². The van der Waals surface area contributed by atoms with E-state index in [4.69, 9.17) is 11.6 Å². The van der Waals surface area contributed by atoms with Crippen molar-refractivity contribution in [3.05, 3.63) is 50.6 Å². The van der Waals surface area contributed by atoms with Crippen LogP contribution in [0.5, 0.6) is 0 Å². The van der Waals surface area contributed by atoms with Crippen molar-refractivity contribution in [2.45, 2.75) is 18.9 Å². The predicted octanol–water partition coefficient (Wildman–Crippen LogP) is 4.72. The molecule has 4 nitrogen and oxygen atoms in total. The zero-order valence-corrected chi connectivity index (χ0v) is 15.6. The number of nitrogens with one attached hydrogen (secondary N) is 1. The molecule has 0 saturated carbocycles. The van der Waals surface area contributed by atoms with Gasteiger partial charge >= 0.3 is 0 Å². The molecule has 1 heterocycles. The Balaban J connectivity index is 2.07. The lowest BCUT2D eigenvalue weighted by Gasteiger charge is -2.09. The third kappa shape index (κ3) is 4.71. The Hall–Kier alpha value is -1.55. The average Bonchev–Trinajstić information content (AvgIpc) is 2.47. The summed E-state index contributed by atoms with van der Waals surface area (Å²) in [6, 6.07) is 9.23. The number of carbonyl (C=O) groups is 1. The monoisotopic (exact) mass is 409 g/mol. The number of anilines is 1. The van der Waals surface area contributed by atoms with Crippen LogP contribution in [0.2, 0.25) is 5.02 Å². The SMILES string of the molecule is Cc1cc(C)c(C#N)c(SCC(=O)Nc2ccc(Br)cc2Cl)n1. The first-order valence-electron chi connectivity index (χ1n) is 6.66. The Morgan fingerprint density at radius 3 is 2.83 bits per heavy atom. The van der Waals surface area contributed by atoms with E-state index >= 15 is 0 Å². The van der Waals surface area contributed by atoms with E-state index in [2.05, 4.69) is 32.3 Å². The van der Waals surface area contributed by atoms with E-state index in [1.54, 1.807) is 18.2 Å². The summed E-state index contributed by atoms with van der Waals surface area (Å²) in [6.07, 6.45) is 0.